The molecule has 0 unspecified atom stereocenters. The minimum Gasteiger partial charge on any atom is -0.451 e. The highest BCUT2D eigenvalue weighted by molar-refractivity contribution is 5.83. The summed E-state index contributed by atoms with van der Waals surface area (Å²) in [5.41, 5.74) is 2.62. The summed E-state index contributed by atoms with van der Waals surface area (Å²) in [5.74, 6) is -1.09. The second-order valence-corrected chi connectivity index (χ2v) is 6.49. The number of hydrogen-bond acceptors (Lipinski definition) is 6. The SMILES string of the molecule is Cc1ccc(-c2nnn(CC(=O)O[C@@H](C)C(=O)NCc3ccc(F)cc3)n2)cc1. The van der Waals surface area contributed by atoms with Gasteiger partial charge >= 0.3 is 5.97 Å². The molecule has 150 valence electrons. The fourth-order valence-electron chi connectivity index (χ4n) is 2.47. The van der Waals surface area contributed by atoms with E-state index in [-0.39, 0.29) is 18.9 Å². The van der Waals surface area contributed by atoms with Crippen LogP contribution in [-0.4, -0.2) is 38.2 Å². The van der Waals surface area contributed by atoms with Crippen LogP contribution in [0.15, 0.2) is 48.5 Å². The van der Waals surface area contributed by atoms with Gasteiger partial charge in [0.2, 0.25) is 5.82 Å². The van der Waals surface area contributed by atoms with Crippen molar-refractivity contribution >= 4 is 11.9 Å². The lowest BCUT2D eigenvalue weighted by molar-refractivity contribution is -0.155. The van der Waals surface area contributed by atoms with Crippen LogP contribution in [0.4, 0.5) is 4.39 Å². The molecule has 0 aliphatic rings. The van der Waals surface area contributed by atoms with E-state index in [1.165, 1.54) is 19.1 Å². The molecule has 9 heteroatoms. The molecule has 1 aromatic heterocycles. The quantitative estimate of drug-likeness (QED) is 0.613. The molecular formula is C20H20FN5O3. The number of tetrazole rings is 1. The highest BCUT2D eigenvalue weighted by atomic mass is 19.1. The number of carbonyl (C=O) groups is 2. The zero-order valence-electron chi connectivity index (χ0n) is 16.0. The number of aromatic nitrogens is 4. The fraction of sp³-hybridized carbons (Fsp3) is 0.250. The highest BCUT2D eigenvalue weighted by Crippen LogP contribution is 2.13. The van der Waals surface area contributed by atoms with Crippen LogP contribution in [0.5, 0.6) is 0 Å². The Morgan fingerprint density at radius 1 is 1.14 bits per heavy atom. The smallest absolute Gasteiger partial charge is 0.330 e. The summed E-state index contributed by atoms with van der Waals surface area (Å²) in [6, 6.07) is 13.3. The van der Waals surface area contributed by atoms with Crippen LogP contribution in [0.3, 0.4) is 0 Å². The number of halogens is 1. The summed E-state index contributed by atoms with van der Waals surface area (Å²) in [5, 5.41) is 14.5. The Morgan fingerprint density at radius 2 is 1.83 bits per heavy atom. The summed E-state index contributed by atoms with van der Waals surface area (Å²) in [7, 11) is 0. The number of rotatable bonds is 7. The van der Waals surface area contributed by atoms with Gasteiger partial charge in [-0.3, -0.25) is 4.79 Å². The van der Waals surface area contributed by atoms with Gasteiger partial charge in [0.05, 0.1) is 0 Å². The minimum atomic E-state index is -0.997. The number of hydrogen-bond donors (Lipinski definition) is 1. The maximum absolute atomic E-state index is 12.9. The molecule has 0 aliphatic carbocycles. The first kappa shape index (κ1) is 20.1. The summed E-state index contributed by atoms with van der Waals surface area (Å²) < 4.78 is 18.0. The van der Waals surface area contributed by atoms with Crippen LogP contribution in [0, 0.1) is 12.7 Å². The van der Waals surface area contributed by atoms with Gasteiger partial charge in [-0.2, -0.15) is 4.80 Å². The number of esters is 1. The Labute approximate surface area is 166 Å². The van der Waals surface area contributed by atoms with Gasteiger partial charge < -0.3 is 10.1 Å². The van der Waals surface area contributed by atoms with E-state index in [1.54, 1.807) is 12.1 Å². The zero-order valence-corrected chi connectivity index (χ0v) is 16.0. The first-order valence-corrected chi connectivity index (χ1v) is 8.97. The summed E-state index contributed by atoms with van der Waals surface area (Å²) in [6.45, 7) is 3.37. The van der Waals surface area contributed by atoms with Crippen molar-refractivity contribution in [1.29, 1.82) is 0 Å². The molecule has 0 bridgehead atoms. The predicted molar refractivity (Wildman–Crippen MR) is 102 cm³/mol. The van der Waals surface area contributed by atoms with Crippen molar-refractivity contribution < 1.29 is 18.7 Å². The topological polar surface area (TPSA) is 99.0 Å². The molecule has 1 N–H and O–H groups in total. The molecule has 29 heavy (non-hydrogen) atoms. The maximum atomic E-state index is 12.9. The van der Waals surface area contributed by atoms with E-state index in [0.29, 0.717) is 5.82 Å². The Kier molecular flexibility index (Phi) is 6.28. The van der Waals surface area contributed by atoms with Gasteiger partial charge in [0.25, 0.3) is 5.91 Å². The summed E-state index contributed by atoms with van der Waals surface area (Å²) in [6.07, 6.45) is -0.997. The lowest BCUT2D eigenvalue weighted by Crippen LogP contribution is -2.36. The Balaban J connectivity index is 1.48. The molecule has 2 aromatic carbocycles. The number of carbonyl (C=O) groups excluding carboxylic acids is 2. The predicted octanol–water partition coefficient (Wildman–Crippen LogP) is 2.04. The molecule has 0 fully saturated rings. The summed E-state index contributed by atoms with van der Waals surface area (Å²) in [4.78, 5) is 25.2. The third kappa shape index (κ3) is 5.68. The third-order valence-electron chi connectivity index (χ3n) is 4.09. The molecule has 3 aromatic rings. The van der Waals surface area contributed by atoms with E-state index in [0.717, 1.165) is 21.5 Å². The lowest BCUT2D eigenvalue weighted by Gasteiger charge is -2.13. The molecule has 0 spiro atoms. The number of nitrogens with zero attached hydrogens (tertiary/aromatic N) is 4. The maximum Gasteiger partial charge on any atom is 0.330 e. The fourth-order valence-corrected chi connectivity index (χ4v) is 2.47. The molecule has 1 heterocycles. The molecule has 8 nitrogen and oxygen atoms in total. The lowest BCUT2D eigenvalue weighted by atomic mass is 10.1. The summed E-state index contributed by atoms with van der Waals surface area (Å²) >= 11 is 0. The Bertz CT molecular complexity index is 986. The molecule has 0 saturated heterocycles. The number of aryl methyl sites for hydroxylation is 1. The molecule has 0 radical (unpaired) electrons. The average Bonchev–Trinajstić information content (AvgIpc) is 3.16. The van der Waals surface area contributed by atoms with Crippen molar-refractivity contribution in [3.05, 3.63) is 65.5 Å². The van der Waals surface area contributed by atoms with Gasteiger partial charge in [-0.25, -0.2) is 9.18 Å². The van der Waals surface area contributed by atoms with Gasteiger partial charge in [-0.1, -0.05) is 42.0 Å². The first-order chi connectivity index (χ1) is 13.9. The standard InChI is InChI=1S/C20H20FN5O3/c1-13-3-7-16(8-4-13)19-23-25-26(24-19)12-18(27)29-14(2)20(28)22-11-15-5-9-17(21)10-6-15/h3-10,14H,11-12H2,1-2H3,(H,22,28)/t14-/m0/s1. The van der Waals surface area contributed by atoms with Crippen LogP contribution in [-0.2, 0) is 27.4 Å². The first-order valence-electron chi connectivity index (χ1n) is 8.97. The molecule has 1 amide bonds. The average molecular weight is 397 g/mol. The van der Waals surface area contributed by atoms with Gasteiger partial charge in [-0.15, -0.1) is 10.2 Å². The number of amides is 1. The van der Waals surface area contributed by atoms with Crippen molar-refractivity contribution in [1.82, 2.24) is 25.5 Å². The zero-order chi connectivity index (χ0) is 20.8. The van der Waals surface area contributed by atoms with Crippen LogP contribution < -0.4 is 5.32 Å². The van der Waals surface area contributed by atoms with Crippen molar-refractivity contribution in [2.45, 2.75) is 33.0 Å². The minimum absolute atomic E-state index is 0.200. The highest BCUT2D eigenvalue weighted by Gasteiger charge is 2.19. The van der Waals surface area contributed by atoms with Crippen LogP contribution in [0.25, 0.3) is 11.4 Å². The third-order valence-corrected chi connectivity index (χ3v) is 4.09. The molecular weight excluding hydrogens is 377 g/mol. The molecule has 0 aliphatic heterocycles. The van der Waals surface area contributed by atoms with E-state index in [1.807, 2.05) is 31.2 Å². The Morgan fingerprint density at radius 3 is 2.52 bits per heavy atom. The molecule has 0 saturated carbocycles. The van der Waals surface area contributed by atoms with Gasteiger partial charge in [-0.05, 0) is 36.8 Å². The second-order valence-electron chi connectivity index (χ2n) is 6.49. The van der Waals surface area contributed by atoms with E-state index in [4.69, 9.17) is 4.74 Å². The van der Waals surface area contributed by atoms with Crippen LogP contribution >= 0.6 is 0 Å². The Hall–Kier alpha value is -3.62. The normalized spacial score (nSPS) is 11.7. The number of benzene rings is 2. The van der Waals surface area contributed by atoms with Crippen molar-refractivity contribution in [2.75, 3.05) is 0 Å². The van der Waals surface area contributed by atoms with Gasteiger partial charge in [0, 0.05) is 12.1 Å². The van der Waals surface area contributed by atoms with Crippen LogP contribution in [0.1, 0.15) is 18.1 Å². The van der Waals surface area contributed by atoms with Crippen molar-refractivity contribution in [3.63, 3.8) is 0 Å². The largest absolute Gasteiger partial charge is 0.451 e. The van der Waals surface area contributed by atoms with E-state index in [2.05, 4.69) is 20.7 Å². The van der Waals surface area contributed by atoms with Gasteiger partial charge in [0.1, 0.15) is 5.82 Å². The number of nitrogens with one attached hydrogen (secondary N) is 1. The van der Waals surface area contributed by atoms with Gasteiger partial charge in [0.15, 0.2) is 12.6 Å². The van der Waals surface area contributed by atoms with Crippen molar-refractivity contribution in [2.24, 2.45) is 0 Å². The number of ether oxygens (including phenoxy) is 1. The molecule has 3 rings (SSSR count). The monoisotopic (exact) mass is 397 g/mol. The van der Waals surface area contributed by atoms with Crippen molar-refractivity contribution in [3.8, 4) is 11.4 Å². The van der Waals surface area contributed by atoms with Crippen LogP contribution in [0.2, 0.25) is 0 Å². The van der Waals surface area contributed by atoms with E-state index in [9.17, 15) is 14.0 Å². The van der Waals surface area contributed by atoms with E-state index >= 15 is 0 Å². The van der Waals surface area contributed by atoms with E-state index < -0.39 is 18.0 Å². The molecule has 1 atom stereocenters. The second kappa shape index (κ2) is 9.05.